The summed E-state index contributed by atoms with van der Waals surface area (Å²) < 4.78 is 26.4. The molecule has 2 aromatic rings. The van der Waals surface area contributed by atoms with Gasteiger partial charge in [-0.3, -0.25) is 14.2 Å². The molecule has 2 aromatic heterocycles. The van der Waals surface area contributed by atoms with Crippen molar-refractivity contribution in [1.29, 1.82) is 0 Å². The van der Waals surface area contributed by atoms with Gasteiger partial charge in [0.1, 0.15) is 6.54 Å². The predicted octanol–water partition coefficient (Wildman–Crippen LogP) is 1.31. The van der Waals surface area contributed by atoms with Crippen LogP contribution in [0.25, 0.3) is 0 Å². The number of aryl methyl sites for hydroxylation is 1. The van der Waals surface area contributed by atoms with Crippen molar-refractivity contribution in [3.63, 3.8) is 0 Å². The third kappa shape index (κ3) is 3.73. The maximum Gasteiger partial charge on any atom is 0.256 e. The first-order chi connectivity index (χ1) is 12.3. The van der Waals surface area contributed by atoms with Gasteiger partial charge in [0.25, 0.3) is 5.56 Å². The molecular formula is C17H21N3O4S2. The number of nitrogens with zero attached hydrogens (tertiary/aromatic N) is 3. The summed E-state index contributed by atoms with van der Waals surface area (Å²) in [6.07, 6.45) is 1.74. The molecule has 1 saturated heterocycles. The molecule has 3 heterocycles. The number of aromatic nitrogens is 2. The summed E-state index contributed by atoms with van der Waals surface area (Å²) in [4.78, 5) is 31.3. The first kappa shape index (κ1) is 18.8. The van der Waals surface area contributed by atoms with E-state index in [0.29, 0.717) is 24.2 Å². The molecule has 1 atom stereocenters. The molecular weight excluding hydrogens is 374 g/mol. The van der Waals surface area contributed by atoms with Crippen LogP contribution in [0.2, 0.25) is 0 Å². The molecule has 7 nitrogen and oxygen atoms in total. The standard InChI is InChI=1S/C17H21N3O4S2/c1-12-13(2)18-11-20(17(12)22)10-16(21)19-6-5-15(14-4-3-8-25-14)26(23,24)9-7-19/h3-4,8,11,15H,5-7,9-10H2,1-2H3. The van der Waals surface area contributed by atoms with Crippen molar-refractivity contribution < 1.29 is 13.2 Å². The number of carbonyl (C=O) groups is 1. The highest BCUT2D eigenvalue weighted by atomic mass is 32.2. The molecule has 0 radical (unpaired) electrons. The number of sulfone groups is 1. The molecule has 0 N–H and O–H groups in total. The van der Waals surface area contributed by atoms with Crippen LogP contribution in [0.15, 0.2) is 28.6 Å². The van der Waals surface area contributed by atoms with E-state index in [1.165, 1.54) is 27.1 Å². The third-order valence-corrected chi connectivity index (χ3v) is 8.02. The summed E-state index contributed by atoms with van der Waals surface area (Å²) in [5.74, 6) is -0.333. The average Bonchev–Trinajstić information content (AvgIpc) is 3.06. The van der Waals surface area contributed by atoms with Crippen LogP contribution < -0.4 is 5.56 Å². The number of rotatable bonds is 3. The molecule has 26 heavy (non-hydrogen) atoms. The van der Waals surface area contributed by atoms with Gasteiger partial charge in [-0.05, 0) is 31.7 Å². The zero-order valence-electron chi connectivity index (χ0n) is 14.7. The molecule has 0 spiro atoms. The normalized spacial score (nSPS) is 19.9. The fourth-order valence-corrected chi connectivity index (χ4v) is 6.03. The van der Waals surface area contributed by atoms with Crippen molar-refractivity contribution in [1.82, 2.24) is 14.5 Å². The van der Waals surface area contributed by atoms with Gasteiger partial charge in [0, 0.05) is 29.2 Å². The second kappa shape index (κ2) is 7.32. The number of carbonyl (C=O) groups excluding carboxylic acids is 1. The molecule has 1 aliphatic rings. The molecule has 0 bridgehead atoms. The Morgan fingerprint density at radius 1 is 1.35 bits per heavy atom. The van der Waals surface area contributed by atoms with Crippen LogP contribution in [-0.2, 0) is 21.2 Å². The maximum atomic E-state index is 12.6. The largest absolute Gasteiger partial charge is 0.340 e. The van der Waals surface area contributed by atoms with Gasteiger partial charge in [0.15, 0.2) is 9.84 Å². The Balaban J connectivity index is 1.76. The van der Waals surface area contributed by atoms with Gasteiger partial charge in [-0.1, -0.05) is 6.07 Å². The lowest BCUT2D eigenvalue weighted by Crippen LogP contribution is -2.38. The first-order valence-corrected chi connectivity index (χ1v) is 10.9. The Morgan fingerprint density at radius 3 is 2.81 bits per heavy atom. The van der Waals surface area contributed by atoms with E-state index in [1.807, 2.05) is 17.5 Å². The van der Waals surface area contributed by atoms with Crippen molar-refractivity contribution in [3.8, 4) is 0 Å². The topological polar surface area (TPSA) is 89.3 Å². The molecule has 9 heteroatoms. The van der Waals surface area contributed by atoms with E-state index in [4.69, 9.17) is 0 Å². The van der Waals surface area contributed by atoms with Crippen LogP contribution >= 0.6 is 11.3 Å². The lowest BCUT2D eigenvalue weighted by atomic mass is 10.2. The molecule has 1 unspecified atom stereocenters. The monoisotopic (exact) mass is 395 g/mol. The Morgan fingerprint density at radius 2 is 2.12 bits per heavy atom. The Hall–Kier alpha value is -2.00. The predicted molar refractivity (Wildman–Crippen MR) is 100 cm³/mol. The third-order valence-electron chi connectivity index (χ3n) is 4.77. The molecule has 1 aliphatic heterocycles. The molecule has 0 aliphatic carbocycles. The fourth-order valence-electron chi connectivity index (χ4n) is 3.02. The first-order valence-electron chi connectivity index (χ1n) is 8.35. The minimum atomic E-state index is -3.31. The van der Waals surface area contributed by atoms with E-state index in [2.05, 4.69) is 4.98 Å². The summed E-state index contributed by atoms with van der Waals surface area (Å²) in [5, 5.41) is 1.30. The van der Waals surface area contributed by atoms with Crippen molar-refractivity contribution in [2.75, 3.05) is 18.8 Å². The number of hydrogen-bond acceptors (Lipinski definition) is 6. The van der Waals surface area contributed by atoms with Gasteiger partial charge < -0.3 is 4.90 Å². The van der Waals surface area contributed by atoms with Gasteiger partial charge in [-0.25, -0.2) is 13.4 Å². The van der Waals surface area contributed by atoms with Gasteiger partial charge in [0.05, 0.1) is 17.3 Å². The van der Waals surface area contributed by atoms with E-state index in [9.17, 15) is 18.0 Å². The average molecular weight is 396 g/mol. The van der Waals surface area contributed by atoms with E-state index in [0.717, 1.165) is 4.88 Å². The van der Waals surface area contributed by atoms with Crippen molar-refractivity contribution in [3.05, 3.63) is 50.3 Å². The zero-order valence-corrected chi connectivity index (χ0v) is 16.3. The van der Waals surface area contributed by atoms with E-state index >= 15 is 0 Å². The summed E-state index contributed by atoms with van der Waals surface area (Å²) in [6, 6.07) is 3.66. The SMILES string of the molecule is Cc1ncn(CC(=O)N2CCC(c3cccs3)S(=O)(=O)CC2)c(=O)c1C. The van der Waals surface area contributed by atoms with Crippen LogP contribution in [0.4, 0.5) is 0 Å². The van der Waals surface area contributed by atoms with Crippen molar-refractivity contribution >= 4 is 27.1 Å². The Labute approximate surface area is 156 Å². The Bertz CT molecular complexity index is 964. The number of thiophene rings is 1. The van der Waals surface area contributed by atoms with Crippen LogP contribution in [-0.4, -0.2) is 47.6 Å². The summed E-state index contributed by atoms with van der Waals surface area (Å²) in [7, 11) is -3.31. The molecule has 1 amide bonds. The van der Waals surface area contributed by atoms with Crippen molar-refractivity contribution in [2.24, 2.45) is 0 Å². The van der Waals surface area contributed by atoms with Crippen LogP contribution in [0.5, 0.6) is 0 Å². The minimum Gasteiger partial charge on any atom is -0.340 e. The summed E-state index contributed by atoms with van der Waals surface area (Å²) in [6.45, 7) is 3.80. The second-order valence-corrected chi connectivity index (χ2v) is 9.71. The van der Waals surface area contributed by atoms with Gasteiger partial charge in [0.2, 0.25) is 5.91 Å². The lowest BCUT2D eigenvalue weighted by Gasteiger charge is -2.20. The van der Waals surface area contributed by atoms with E-state index in [-0.39, 0.29) is 30.3 Å². The second-order valence-electron chi connectivity index (χ2n) is 6.43. The van der Waals surface area contributed by atoms with Crippen LogP contribution in [0, 0.1) is 13.8 Å². The highest BCUT2D eigenvalue weighted by Crippen LogP contribution is 2.32. The van der Waals surface area contributed by atoms with E-state index < -0.39 is 15.1 Å². The minimum absolute atomic E-state index is 0.0681. The van der Waals surface area contributed by atoms with Gasteiger partial charge in [-0.15, -0.1) is 11.3 Å². The van der Waals surface area contributed by atoms with Gasteiger partial charge >= 0.3 is 0 Å². The maximum absolute atomic E-state index is 12.6. The highest BCUT2D eigenvalue weighted by Gasteiger charge is 2.33. The molecule has 0 saturated carbocycles. The molecule has 140 valence electrons. The molecule has 3 rings (SSSR count). The smallest absolute Gasteiger partial charge is 0.256 e. The number of amides is 1. The fraction of sp³-hybridized carbons (Fsp3) is 0.471. The number of hydrogen-bond donors (Lipinski definition) is 0. The van der Waals surface area contributed by atoms with Gasteiger partial charge in [-0.2, -0.15) is 0 Å². The highest BCUT2D eigenvalue weighted by molar-refractivity contribution is 7.91. The Kier molecular flexibility index (Phi) is 5.29. The van der Waals surface area contributed by atoms with Crippen molar-refractivity contribution in [2.45, 2.75) is 32.1 Å². The quantitative estimate of drug-likeness (QED) is 0.782. The summed E-state index contributed by atoms with van der Waals surface area (Å²) >= 11 is 1.42. The zero-order chi connectivity index (χ0) is 18.9. The lowest BCUT2D eigenvalue weighted by molar-refractivity contribution is -0.131. The molecule has 1 fully saturated rings. The summed E-state index contributed by atoms with van der Waals surface area (Å²) in [5.41, 5.74) is 0.902. The van der Waals surface area contributed by atoms with Crippen LogP contribution in [0.1, 0.15) is 27.8 Å². The van der Waals surface area contributed by atoms with Crippen LogP contribution in [0.3, 0.4) is 0 Å². The van der Waals surface area contributed by atoms with E-state index in [1.54, 1.807) is 13.8 Å². The molecule has 0 aromatic carbocycles.